The van der Waals surface area contributed by atoms with E-state index < -0.39 is 0 Å². The molecule has 0 saturated heterocycles. The maximum Gasteiger partial charge on any atom is 0.319 e. The molecular formula is C17H22N4O. The quantitative estimate of drug-likeness (QED) is 0.892. The van der Waals surface area contributed by atoms with E-state index in [0.29, 0.717) is 6.54 Å². The van der Waals surface area contributed by atoms with E-state index in [1.165, 1.54) is 0 Å². The molecule has 2 N–H and O–H groups in total. The predicted octanol–water partition coefficient (Wildman–Crippen LogP) is 2.81. The Morgan fingerprint density at radius 3 is 2.73 bits per heavy atom. The number of anilines is 1. The molecule has 1 aromatic heterocycles. The number of nitrogens with zero attached hydrogens (tertiary/aromatic N) is 2. The second-order valence-electron chi connectivity index (χ2n) is 5.47. The number of hydrogen-bond acceptors (Lipinski definition) is 3. The van der Waals surface area contributed by atoms with Crippen LogP contribution in [0, 0.1) is 6.92 Å². The Morgan fingerprint density at radius 2 is 2.09 bits per heavy atom. The van der Waals surface area contributed by atoms with Crippen molar-refractivity contribution in [2.75, 3.05) is 26.0 Å². The smallest absolute Gasteiger partial charge is 0.319 e. The zero-order chi connectivity index (χ0) is 15.9. The normalized spacial score (nSPS) is 12.0. The minimum Gasteiger partial charge on any atom is -0.336 e. The third-order valence-electron chi connectivity index (χ3n) is 3.42. The SMILES string of the molecule is Cc1cccc(NC(=O)NC[C@H](c2cccnc2)N(C)C)c1. The molecule has 22 heavy (non-hydrogen) atoms. The summed E-state index contributed by atoms with van der Waals surface area (Å²) < 4.78 is 0. The van der Waals surface area contributed by atoms with E-state index >= 15 is 0 Å². The van der Waals surface area contributed by atoms with Gasteiger partial charge in [-0.3, -0.25) is 4.98 Å². The number of aryl methyl sites for hydroxylation is 1. The number of rotatable bonds is 5. The topological polar surface area (TPSA) is 57.3 Å². The summed E-state index contributed by atoms with van der Waals surface area (Å²) in [7, 11) is 3.97. The molecule has 2 rings (SSSR count). The summed E-state index contributed by atoms with van der Waals surface area (Å²) in [5.41, 5.74) is 2.97. The largest absolute Gasteiger partial charge is 0.336 e. The maximum absolute atomic E-state index is 12.0. The number of aromatic nitrogens is 1. The Bertz CT molecular complexity index is 613. The fourth-order valence-electron chi connectivity index (χ4n) is 2.26. The van der Waals surface area contributed by atoms with Crippen molar-refractivity contribution in [3.05, 3.63) is 59.9 Å². The lowest BCUT2D eigenvalue weighted by Crippen LogP contribution is -2.36. The van der Waals surface area contributed by atoms with Crippen LogP contribution in [0.15, 0.2) is 48.8 Å². The second-order valence-corrected chi connectivity index (χ2v) is 5.47. The molecule has 1 aromatic carbocycles. The van der Waals surface area contributed by atoms with Crippen LogP contribution < -0.4 is 10.6 Å². The average Bonchev–Trinajstić information content (AvgIpc) is 2.48. The Hall–Kier alpha value is -2.40. The van der Waals surface area contributed by atoms with Crippen molar-refractivity contribution in [1.82, 2.24) is 15.2 Å². The Balaban J connectivity index is 1.94. The van der Waals surface area contributed by atoms with Crippen molar-refractivity contribution in [1.29, 1.82) is 0 Å². The fourth-order valence-corrected chi connectivity index (χ4v) is 2.26. The lowest BCUT2D eigenvalue weighted by molar-refractivity contribution is 0.243. The van der Waals surface area contributed by atoms with Crippen LogP contribution in [0.1, 0.15) is 17.2 Å². The molecule has 2 amide bonds. The molecule has 1 heterocycles. The van der Waals surface area contributed by atoms with Crippen molar-refractivity contribution in [3.8, 4) is 0 Å². The summed E-state index contributed by atoms with van der Waals surface area (Å²) in [6.07, 6.45) is 3.57. The van der Waals surface area contributed by atoms with Gasteiger partial charge < -0.3 is 15.5 Å². The van der Waals surface area contributed by atoms with E-state index in [9.17, 15) is 4.79 Å². The number of likely N-dealkylation sites (N-methyl/N-ethyl adjacent to an activating group) is 1. The zero-order valence-electron chi connectivity index (χ0n) is 13.2. The molecule has 5 heteroatoms. The van der Waals surface area contributed by atoms with Crippen molar-refractivity contribution in [2.45, 2.75) is 13.0 Å². The molecule has 0 radical (unpaired) electrons. The number of amides is 2. The number of nitrogens with one attached hydrogen (secondary N) is 2. The standard InChI is InChI=1S/C17H22N4O/c1-13-6-4-8-15(10-13)20-17(22)19-12-16(21(2)3)14-7-5-9-18-11-14/h4-11,16H,12H2,1-3H3,(H2,19,20,22)/t16-/m1/s1. The highest BCUT2D eigenvalue weighted by Gasteiger charge is 2.15. The number of pyridine rings is 1. The lowest BCUT2D eigenvalue weighted by Gasteiger charge is -2.24. The van der Waals surface area contributed by atoms with Crippen molar-refractivity contribution in [2.24, 2.45) is 0 Å². The summed E-state index contributed by atoms with van der Waals surface area (Å²) in [6, 6.07) is 11.5. The first-order valence-electron chi connectivity index (χ1n) is 7.24. The van der Waals surface area contributed by atoms with Crippen LogP contribution in [-0.4, -0.2) is 36.6 Å². The lowest BCUT2D eigenvalue weighted by atomic mass is 10.1. The van der Waals surface area contributed by atoms with E-state index in [4.69, 9.17) is 0 Å². The summed E-state index contributed by atoms with van der Waals surface area (Å²) in [6.45, 7) is 2.50. The molecule has 116 valence electrons. The van der Waals surface area contributed by atoms with Gasteiger partial charge in [-0.1, -0.05) is 18.2 Å². The molecule has 1 atom stereocenters. The van der Waals surface area contributed by atoms with Crippen LogP contribution in [0.2, 0.25) is 0 Å². The number of urea groups is 1. The second kappa shape index (κ2) is 7.56. The summed E-state index contributed by atoms with van der Waals surface area (Å²) in [5.74, 6) is 0. The van der Waals surface area contributed by atoms with Crippen LogP contribution in [0.25, 0.3) is 0 Å². The number of hydrogen-bond donors (Lipinski definition) is 2. The van der Waals surface area contributed by atoms with E-state index in [2.05, 4.69) is 20.5 Å². The van der Waals surface area contributed by atoms with E-state index in [0.717, 1.165) is 16.8 Å². The first kappa shape index (κ1) is 16.0. The number of benzene rings is 1. The molecular weight excluding hydrogens is 276 g/mol. The third kappa shape index (κ3) is 4.56. The molecule has 0 spiro atoms. The first-order valence-corrected chi connectivity index (χ1v) is 7.24. The van der Waals surface area contributed by atoms with Gasteiger partial charge >= 0.3 is 6.03 Å². The Kier molecular flexibility index (Phi) is 5.49. The first-order chi connectivity index (χ1) is 10.6. The van der Waals surface area contributed by atoms with Crippen molar-refractivity contribution >= 4 is 11.7 Å². The highest BCUT2D eigenvalue weighted by atomic mass is 16.2. The predicted molar refractivity (Wildman–Crippen MR) is 88.9 cm³/mol. The molecule has 5 nitrogen and oxygen atoms in total. The van der Waals surface area contributed by atoms with Crippen molar-refractivity contribution in [3.63, 3.8) is 0 Å². The molecule has 0 aliphatic rings. The van der Waals surface area contributed by atoms with Crippen LogP contribution in [0.3, 0.4) is 0 Å². The Labute approximate surface area is 131 Å². The van der Waals surface area contributed by atoms with Gasteiger partial charge in [0.25, 0.3) is 0 Å². The van der Waals surface area contributed by atoms with Gasteiger partial charge in [-0.25, -0.2) is 4.79 Å². The van der Waals surface area contributed by atoms with Crippen LogP contribution in [0.5, 0.6) is 0 Å². The van der Waals surface area contributed by atoms with Gasteiger partial charge in [0.2, 0.25) is 0 Å². The van der Waals surface area contributed by atoms with Gasteiger partial charge in [-0.2, -0.15) is 0 Å². The zero-order valence-corrected chi connectivity index (χ0v) is 13.2. The van der Waals surface area contributed by atoms with Gasteiger partial charge in [0.15, 0.2) is 0 Å². The third-order valence-corrected chi connectivity index (χ3v) is 3.42. The van der Waals surface area contributed by atoms with Gasteiger partial charge in [0, 0.05) is 24.6 Å². The van der Waals surface area contributed by atoms with Crippen LogP contribution in [-0.2, 0) is 0 Å². The molecule has 0 aliphatic carbocycles. The monoisotopic (exact) mass is 298 g/mol. The highest BCUT2D eigenvalue weighted by molar-refractivity contribution is 5.89. The molecule has 2 aromatic rings. The minimum absolute atomic E-state index is 0.0805. The van der Waals surface area contributed by atoms with E-state index in [-0.39, 0.29) is 12.1 Å². The molecule has 0 unspecified atom stereocenters. The van der Waals surface area contributed by atoms with Gasteiger partial charge in [0.05, 0.1) is 6.04 Å². The van der Waals surface area contributed by atoms with Gasteiger partial charge in [-0.05, 0) is 50.3 Å². The average molecular weight is 298 g/mol. The summed E-state index contributed by atoms with van der Waals surface area (Å²) in [4.78, 5) is 18.2. The van der Waals surface area contributed by atoms with Crippen molar-refractivity contribution < 1.29 is 4.79 Å². The van der Waals surface area contributed by atoms with Gasteiger partial charge in [-0.15, -0.1) is 0 Å². The fraction of sp³-hybridized carbons (Fsp3) is 0.294. The number of carbonyl (C=O) groups excluding carboxylic acids is 1. The number of carbonyl (C=O) groups is 1. The Morgan fingerprint density at radius 1 is 1.27 bits per heavy atom. The maximum atomic E-state index is 12.0. The minimum atomic E-state index is -0.207. The molecule has 0 saturated carbocycles. The van der Waals surface area contributed by atoms with Crippen LogP contribution in [0.4, 0.5) is 10.5 Å². The highest BCUT2D eigenvalue weighted by Crippen LogP contribution is 2.16. The van der Waals surface area contributed by atoms with E-state index in [1.807, 2.05) is 63.6 Å². The molecule has 0 aliphatic heterocycles. The molecule has 0 fully saturated rings. The summed E-state index contributed by atoms with van der Waals surface area (Å²) >= 11 is 0. The van der Waals surface area contributed by atoms with Gasteiger partial charge in [0.1, 0.15) is 0 Å². The van der Waals surface area contributed by atoms with E-state index in [1.54, 1.807) is 6.20 Å². The van der Waals surface area contributed by atoms with Crippen LogP contribution >= 0.6 is 0 Å². The summed E-state index contributed by atoms with van der Waals surface area (Å²) in [5, 5.41) is 5.76. The molecule has 0 bridgehead atoms.